The first kappa shape index (κ1) is 27.1. The van der Waals surface area contributed by atoms with Gasteiger partial charge in [-0.1, -0.05) is 25.5 Å². The van der Waals surface area contributed by atoms with Crippen molar-refractivity contribution in [1.82, 2.24) is 20.4 Å². The number of piperidine rings is 2. The lowest BCUT2D eigenvalue weighted by Crippen LogP contribution is -2.62. The number of ether oxygens (including phenoxy) is 1. The van der Waals surface area contributed by atoms with E-state index in [0.29, 0.717) is 12.3 Å². The first-order valence-corrected chi connectivity index (χ1v) is 11.9. The fraction of sp³-hybridized carbons (Fsp3) is 0.708. The SMILES string of the molecule is CCC(CNC(=NC)NCC1(N2CCCCC2)CCN(C)CC1)Oc1ccccc1F.I. The first-order valence-electron chi connectivity index (χ1n) is 11.9. The first-order chi connectivity index (χ1) is 15.1. The maximum absolute atomic E-state index is 13.9. The molecule has 2 heterocycles. The van der Waals surface area contributed by atoms with Crippen LogP contribution in [0.5, 0.6) is 5.75 Å². The molecule has 1 aromatic rings. The molecule has 0 bridgehead atoms. The molecule has 1 aromatic carbocycles. The number of nitrogens with one attached hydrogen (secondary N) is 2. The zero-order valence-corrected chi connectivity index (χ0v) is 22.2. The lowest BCUT2D eigenvalue weighted by atomic mass is 9.84. The van der Waals surface area contributed by atoms with Crippen molar-refractivity contribution in [2.75, 3.05) is 53.4 Å². The molecule has 2 aliphatic heterocycles. The Morgan fingerprint density at radius 1 is 1.12 bits per heavy atom. The Hall–Kier alpha value is -1.13. The van der Waals surface area contributed by atoms with Crippen molar-refractivity contribution in [3.63, 3.8) is 0 Å². The van der Waals surface area contributed by atoms with E-state index in [0.717, 1.165) is 32.0 Å². The summed E-state index contributed by atoms with van der Waals surface area (Å²) in [5.41, 5.74) is 0.193. The summed E-state index contributed by atoms with van der Waals surface area (Å²) in [4.78, 5) is 9.58. The van der Waals surface area contributed by atoms with Gasteiger partial charge in [-0.05, 0) is 77.5 Å². The van der Waals surface area contributed by atoms with E-state index in [-0.39, 0.29) is 41.4 Å². The number of hydrogen-bond acceptors (Lipinski definition) is 4. The predicted molar refractivity (Wildman–Crippen MR) is 141 cm³/mol. The number of benzene rings is 1. The van der Waals surface area contributed by atoms with Crippen LogP contribution in [0.15, 0.2) is 29.3 Å². The van der Waals surface area contributed by atoms with Crippen molar-refractivity contribution < 1.29 is 9.13 Å². The quantitative estimate of drug-likeness (QED) is 0.288. The lowest BCUT2D eigenvalue weighted by Gasteiger charge is -2.50. The Morgan fingerprint density at radius 3 is 2.44 bits per heavy atom. The third-order valence-electron chi connectivity index (χ3n) is 6.84. The van der Waals surface area contributed by atoms with Crippen molar-refractivity contribution in [2.24, 2.45) is 4.99 Å². The van der Waals surface area contributed by atoms with Gasteiger partial charge in [0, 0.05) is 19.1 Å². The van der Waals surface area contributed by atoms with Crippen LogP contribution in [0.3, 0.4) is 0 Å². The molecule has 2 aliphatic rings. The summed E-state index contributed by atoms with van der Waals surface area (Å²) < 4.78 is 19.8. The molecule has 8 heteroatoms. The minimum atomic E-state index is -0.325. The molecule has 2 N–H and O–H groups in total. The van der Waals surface area contributed by atoms with Gasteiger partial charge >= 0.3 is 0 Å². The van der Waals surface area contributed by atoms with Crippen LogP contribution >= 0.6 is 24.0 Å². The second-order valence-corrected chi connectivity index (χ2v) is 8.96. The summed E-state index contributed by atoms with van der Waals surface area (Å²) in [6, 6.07) is 6.57. The van der Waals surface area contributed by atoms with Crippen molar-refractivity contribution in [3.8, 4) is 5.75 Å². The standard InChI is InChI=1S/C24H40FN5O.HI/c1-4-20(31-22-11-7-6-10-21(22)25)18-27-23(26-2)28-19-24(12-16-29(3)17-13-24)30-14-8-5-9-15-30;/h6-7,10-11,20H,4-5,8-9,12-19H2,1-3H3,(H2,26,27,28);1H. The highest BCUT2D eigenvalue weighted by molar-refractivity contribution is 14.0. The molecule has 0 saturated carbocycles. The third-order valence-corrected chi connectivity index (χ3v) is 6.84. The summed E-state index contributed by atoms with van der Waals surface area (Å²) in [7, 11) is 4.02. The summed E-state index contributed by atoms with van der Waals surface area (Å²) in [6.45, 7) is 8.19. The molecule has 1 unspecified atom stereocenters. The molecule has 3 rings (SSSR count). The Balaban J connectivity index is 0.00000363. The van der Waals surface area contributed by atoms with Crippen LogP contribution in [0.4, 0.5) is 4.39 Å². The molecule has 0 radical (unpaired) electrons. The van der Waals surface area contributed by atoms with Gasteiger partial charge in [0.05, 0.1) is 6.54 Å². The van der Waals surface area contributed by atoms with Crippen LogP contribution in [0, 0.1) is 5.82 Å². The molecule has 0 spiro atoms. The van der Waals surface area contributed by atoms with Gasteiger partial charge in [-0.2, -0.15) is 0 Å². The molecule has 2 saturated heterocycles. The number of para-hydroxylation sites is 1. The van der Waals surface area contributed by atoms with Crippen LogP contribution in [0.1, 0.15) is 45.4 Å². The molecule has 182 valence electrons. The average Bonchev–Trinajstić information content (AvgIpc) is 2.81. The van der Waals surface area contributed by atoms with Gasteiger partial charge in [-0.25, -0.2) is 4.39 Å². The number of aliphatic imine (C=N–C) groups is 1. The average molecular weight is 562 g/mol. The molecule has 1 atom stereocenters. The van der Waals surface area contributed by atoms with E-state index in [1.54, 1.807) is 25.2 Å². The number of rotatable bonds is 8. The fourth-order valence-electron chi connectivity index (χ4n) is 4.68. The largest absolute Gasteiger partial charge is 0.486 e. The van der Waals surface area contributed by atoms with Gasteiger partial charge in [0.15, 0.2) is 17.5 Å². The molecule has 32 heavy (non-hydrogen) atoms. The van der Waals surface area contributed by atoms with Crippen molar-refractivity contribution in [3.05, 3.63) is 30.1 Å². The maximum Gasteiger partial charge on any atom is 0.191 e. The topological polar surface area (TPSA) is 52.1 Å². The number of hydrogen-bond donors (Lipinski definition) is 2. The van der Waals surface area contributed by atoms with E-state index in [4.69, 9.17) is 4.74 Å². The normalized spacial score (nSPS) is 20.8. The molecular formula is C24H41FIN5O. The van der Waals surface area contributed by atoms with E-state index >= 15 is 0 Å². The second-order valence-electron chi connectivity index (χ2n) is 8.96. The summed E-state index contributed by atoms with van der Waals surface area (Å²) in [6.07, 6.45) is 6.97. The molecule has 6 nitrogen and oxygen atoms in total. The van der Waals surface area contributed by atoms with Gasteiger partial charge < -0.3 is 20.3 Å². The molecule has 0 aliphatic carbocycles. The highest BCUT2D eigenvalue weighted by Crippen LogP contribution is 2.30. The lowest BCUT2D eigenvalue weighted by molar-refractivity contribution is 0.0173. The Bertz CT molecular complexity index is 705. The second kappa shape index (κ2) is 13.5. The van der Waals surface area contributed by atoms with E-state index in [9.17, 15) is 4.39 Å². The third kappa shape index (κ3) is 7.45. The number of guanidine groups is 1. The molecular weight excluding hydrogens is 520 g/mol. The highest BCUT2D eigenvalue weighted by atomic mass is 127. The molecule has 0 amide bonds. The maximum atomic E-state index is 13.9. The van der Waals surface area contributed by atoms with Crippen LogP contribution in [0.2, 0.25) is 0 Å². The van der Waals surface area contributed by atoms with Crippen molar-refractivity contribution in [2.45, 2.75) is 57.1 Å². The van der Waals surface area contributed by atoms with Crippen LogP contribution in [-0.4, -0.2) is 80.8 Å². The smallest absolute Gasteiger partial charge is 0.191 e. The number of halogens is 2. The zero-order chi connectivity index (χ0) is 22.1. The van der Waals surface area contributed by atoms with E-state index in [1.165, 1.54) is 51.3 Å². The number of likely N-dealkylation sites (tertiary alicyclic amines) is 2. The van der Waals surface area contributed by atoms with E-state index < -0.39 is 0 Å². The Morgan fingerprint density at radius 2 is 1.81 bits per heavy atom. The van der Waals surface area contributed by atoms with Gasteiger partial charge in [-0.15, -0.1) is 24.0 Å². The van der Waals surface area contributed by atoms with E-state index in [1.807, 2.05) is 6.92 Å². The van der Waals surface area contributed by atoms with Crippen molar-refractivity contribution in [1.29, 1.82) is 0 Å². The Labute approximate surface area is 210 Å². The molecule has 0 aromatic heterocycles. The summed E-state index contributed by atoms with van der Waals surface area (Å²) >= 11 is 0. The van der Waals surface area contributed by atoms with E-state index in [2.05, 4.69) is 32.5 Å². The summed E-state index contributed by atoms with van der Waals surface area (Å²) in [5.74, 6) is 0.759. The monoisotopic (exact) mass is 561 g/mol. The highest BCUT2D eigenvalue weighted by Gasteiger charge is 2.39. The minimum absolute atomic E-state index is 0. The van der Waals surface area contributed by atoms with Gasteiger partial charge in [0.1, 0.15) is 6.10 Å². The van der Waals surface area contributed by atoms with Crippen LogP contribution < -0.4 is 15.4 Å². The van der Waals surface area contributed by atoms with Gasteiger partial charge in [0.2, 0.25) is 0 Å². The molecule has 2 fully saturated rings. The van der Waals surface area contributed by atoms with Gasteiger partial charge in [-0.3, -0.25) is 9.89 Å². The zero-order valence-electron chi connectivity index (χ0n) is 19.9. The summed E-state index contributed by atoms with van der Waals surface area (Å²) in [5, 5.41) is 6.99. The van der Waals surface area contributed by atoms with Crippen LogP contribution in [-0.2, 0) is 0 Å². The minimum Gasteiger partial charge on any atom is -0.486 e. The fourth-order valence-corrected chi connectivity index (χ4v) is 4.68. The predicted octanol–water partition coefficient (Wildman–Crippen LogP) is 3.72. The van der Waals surface area contributed by atoms with Crippen LogP contribution in [0.25, 0.3) is 0 Å². The van der Waals surface area contributed by atoms with Crippen molar-refractivity contribution >= 4 is 29.9 Å². The van der Waals surface area contributed by atoms with Gasteiger partial charge in [0.25, 0.3) is 0 Å². The Kier molecular flexibility index (Phi) is 11.5. The number of nitrogens with zero attached hydrogens (tertiary/aromatic N) is 3.